The average molecular weight is 468 g/mol. The predicted octanol–water partition coefficient (Wildman–Crippen LogP) is 4.38. The van der Waals surface area contributed by atoms with Crippen LogP contribution >= 0.6 is 35.0 Å². The fourth-order valence-corrected chi connectivity index (χ4v) is 3.89. The van der Waals surface area contributed by atoms with Gasteiger partial charge in [0.15, 0.2) is 11.5 Å². The number of thioether (sulfide) groups is 1. The maximum atomic E-state index is 6.46. The summed E-state index contributed by atoms with van der Waals surface area (Å²) in [7, 11) is 3.44. The van der Waals surface area contributed by atoms with E-state index in [9.17, 15) is 0 Å². The highest BCUT2D eigenvalue weighted by Gasteiger charge is 2.12. The number of ether oxygens (including phenoxy) is 2. The van der Waals surface area contributed by atoms with E-state index in [0.29, 0.717) is 34.7 Å². The predicted molar refractivity (Wildman–Crippen MR) is 120 cm³/mol. The molecule has 1 heterocycles. The van der Waals surface area contributed by atoms with Gasteiger partial charge >= 0.3 is 0 Å². The Labute approximate surface area is 190 Å². The van der Waals surface area contributed by atoms with Crippen LogP contribution in [0.5, 0.6) is 11.5 Å². The normalized spacial score (nSPS) is 10.9. The summed E-state index contributed by atoms with van der Waals surface area (Å²) in [5.41, 5.74) is 2.03. The van der Waals surface area contributed by atoms with Crippen molar-refractivity contribution in [3.8, 4) is 11.5 Å². The Balaban J connectivity index is 1.48. The van der Waals surface area contributed by atoms with Crippen molar-refractivity contribution in [2.45, 2.75) is 24.7 Å². The minimum atomic E-state index is 0.379. The largest absolute Gasteiger partial charge is 0.493 e. The van der Waals surface area contributed by atoms with Crippen LogP contribution in [0, 0.1) is 0 Å². The number of hydrogen-bond donors (Lipinski definition) is 1. The van der Waals surface area contributed by atoms with Gasteiger partial charge in [-0.05, 0) is 58.8 Å². The van der Waals surface area contributed by atoms with Gasteiger partial charge in [0.2, 0.25) is 5.16 Å². The van der Waals surface area contributed by atoms with Crippen molar-refractivity contribution in [2.24, 2.45) is 7.05 Å². The first-order chi connectivity index (χ1) is 14.6. The van der Waals surface area contributed by atoms with E-state index in [0.717, 1.165) is 35.0 Å². The molecule has 0 saturated carbocycles. The number of benzene rings is 2. The third-order valence-electron chi connectivity index (χ3n) is 4.23. The molecule has 3 rings (SSSR count). The van der Waals surface area contributed by atoms with Crippen LogP contribution in [0.3, 0.4) is 0 Å². The molecular formula is C20H23Cl2N5O2S. The zero-order valence-corrected chi connectivity index (χ0v) is 19.1. The minimum Gasteiger partial charge on any atom is -0.493 e. The molecule has 3 aromatic rings. The van der Waals surface area contributed by atoms with Crippen LogP contribution in [0.1, 0.15) is 17.5 Å². The zero-order chi connectivity index (χ0) is 21.3. The van der Waals surface area contributed by atoms with Crippen molar-refractivity contribution in [1.29, 1.82) is 0 Å². The van der Waals surface area contributed by atoms with E-state index in [1.807, 2.05) is 43.4 Å². The van der Waals surface area contributed by atoms with Gasteiger partial charge in [-0.1, -0.05) is 47.1 Å². The lowest BCUT2D eigenvalue weighted by molar-refractivity contribution is 0.284. The molecule has 0 radical (unpaired) electrons. The summed E-state index contributed by atoms with van der Waals surface area (Å²) in [5, 5.41) is 16.8. The lowest BCUT2D eigenvalue weighted by atomic mass is 10.2. The lowest BCUT2D eigenvalue weighted by Gasteiger charge is -2.15. The van der Waals surface area contributed by atoms with E-state index in [2.05, 4.69) is 20.8 Å². The average Bonchev–Trinajstić information content (AvgIpc) is 3.15. The van der Waals surface area contributed by atoms with Crippen LogP contribution in [0.4, 0.5) is 0 Å². The van der Waals surface area contributed by atoms with Crippen molar-refractivity contribution in [1.82, 2.24) is 25.5 Å². The van der Waals surface area contributed by atoms with Crippen LogP contribution in [0.25, 0.3) is 0 Å². The molecule has 0 bridgehead atoms. The fraction of sp³-hybridized carbons (Fsp3) is 0.350. The molecule has 10 heteroatoms. The molecule has 0 unspecified atom stereocenters. The van der Waals surface area contributed by atoms with Gasteiger partial charge in [0.25, 0.3) is 0 Å². The molecule has 160 valence electrons. The summed E-state index contributed by atoms with van der Waals surface area (Å²) in [6, 6.07) is 11.3. The summed E-state index contributed by atoms with van der Waals surface area (Å²) >= 11 is 14.0. The number of aryl methyl sites for hydroxylation is 1. The molecule has 0 spiro atoms. The standard InChI is InChI=1S/C20H23Cl2N5O2S/c1-27-20(24-25-26-27)30-9-3-8-23-12-15-10-17(22)19(18(11-15)28-2)29-13-14-4-6-16(21)7-5-14/h4-7,10-11,23H,3,8-9,12-13H2,1-2H3. The number of halogens is 2. The molecule has 0 aliphatic rings. The Kier molecular flexibility index (Phi) is 8.62. The first-order valence-corrected chi connectivity index (χ1v) is 11.1. The second-order valence-corrected chi connectivity index (χ2v) is 8.39. The molecule has 1 aromatic heterocycles. The summed E-state index contributed by atoms with van der Waals surface area (Å²) in [4.78, 5) is 0. The first-order valence-electron chi connectivity index (χ1n) is 9.36. The van der Waals surface area contributed by atoms with E-state index in [1.165, 1.54) is 0 Å². The summed E-state index contributed by atoms with van der Waals surface area (Å²) < 4.78 is 13.1. The van der Waals surface area contributed by atoms with Crippen LogP contribution in [0.2, 0.25) is 10.0 Å². The Morgan fingerprint density at radius 1 is 1.13 bits per heavy atom. The van der Waals surface area contributed by atoms with Gasteiger partial charge in [0.05, 0.1) is 12.1 Å². The summed E-state index contributed by atoms with van der Waals surface area (Å²) in [5.74, 6) is 2.08. The molecule has 7 nitrogen and oxygen atoms in total. The first kappa shape index (κ1) is 22.7. The van der Waals surface area contributed by atoms with Gasteiger partial charge in [-0.2, -0.15) is 0 Å². The number of rotatable bonds is 11. The van der Waals surface area contributed by atoms with Crippen LogP contribution in [0.15, 0.2) is 41.6 Å². The van der Waals surface area contributed by atoms with Crippen molar-refractivity contribution in [2.75, 3.05) is 19.4 Å². The molecular weight excluding hydrogens is 445 g/mol. The van der Waals surface area contributed by atoms with Gasteiger partial charge in [0.1, 0.15) is 6.61 Å². The molecule has 0 fully saturated rings. The zero-order valence-electron chi connectivity index (χ0n) is 16.8. The molecule has 1 N–H and O–H groups in total. The van der Waals surface area contributed by atoms with Crippen molar-refractivity contribution >= 4 is 35.0 Å². The molecule has 0 saturated heterocycles. The van der Waals surface area contributed by atoms with Gasteiger partial charge in [-0.15, -0.1) is 5.10 Å². The topological polar surface area (TPSA) is 74.1 Å². The molecule has 0 aliphatic heterocycles. The molecule has 30 heavy (non-hydrogen) atoms. The lowest BCUT2D eigenvalue weighted by Crippen LogP contribution is -2.15. The highest BCUT2D eigenvalue weighted by molar-refractivity contribution is 7.99. The van der Waals surface area contributed by atoms with E-state index in [4.69, 9.17) is 32.7 Å². The third kappa shape index (κ3) is 6.50. The maximum absolute atomic E-state index is 6.46. The van der Waals surface area contributed by atoms with Gasteiger partial charge < -0.3 is 14.8 Å². The van der Waals surface area contributed by atoms with Crippen LogP contribution < -0.4 is 14.8 Å². The number of aromatic nitrogens is 4. The van der Waals surface area contributed by atoms with E-state index >= 15 is 0 Å². The summed E-state index contributed by atoms with van der Waals surface area (Å²) in [6.07, 6.45) is 0.991. The third-order valence-corrected chi connectivity index (χ3v) is 5.85. The maximum Gasteiger partial charge on any atom is 0.209 e. The number of methoxy groups -OCH3 is 1. The molecule has 2 aromatic carbocycles. The quantitative estimate of drug-likeness (QED) is 0.331. The Bertz CT molecular complexity index is 953. The van der Waals surface area contributed by atoms with Crippen molar-refractivity contribution < 1.29 is 9.47 Å². The Hall–Kier alpha value is -2.00. The van der Waals surface area contributed by atoms with Crippen molar-refractivity contribution in [3.63, 3.8) is 0 Å². The Morgan fingerprint density at radius 2 is 1.93 bits per heavy atom. The number of nitrogens with zero attached hydrogens (tertiary/aromatic N) is 4. The summed E-state index contributed by atoms with van der Waals surface area (Å²) in [6.45, 7) is 1.93. The van der Waals surface area contributed by atoms with E-state index < -0.39 is 0 Å². The highest BCUT2D eigenvalue weighted by atomic mass is 35.5. The van der Waals surface area contributed by atoms with Crippen LogP contribution in [-0.4, -0.2) is 39.6 Å². The second-order valence-electron chi connectivity index (χ2n) is 6.49. The van der Waals surface area contributed by atoms with Crippen LogP contribution in [-0.2, 0) is 20.2 Å². The highest BCUT2D eigenvalue weighted by Crippen LogP contribution is 2.37. The monoisotopic (exact) mass is 467 g/mol. The SMILES string of the molecule is COc1cc(CNCCCSc2nnnn2C)cc(Cl)c1OCc1ccc(Cl)cc1. The van der Waals surface area contributed by atoms with Gasteiger partial charge in [0, 0.05) is 24.4 Å². The van der Waals surface area contributed by atoms with E-state index in [-0.39, 0.29) is 0 Å². The molecule has 0 aliphatic carbocycles. The number of tetrazole rings is 1. The number of nitrogens with one attached hydrogen (secondary N) is 1. The fourth-order valence-electron chi connectivity index (χ4n) is 2.69. The molecule has 0 amide bonds. The smallest absolute Gasteiger partial charge is 0.209 e. The number of hydrogen-bond acceptors (Lipinski definition) is 7. The van der Waals surface area contributed by atoms with Gasteiger partial charge in [-0.25, -0.2) is 4.68 Å². The minimum absolute atomic E-state index is 0.379. The Morgan fingerprint density at radius 3 is 2.63 bits per heavy atom. The van der Waals surface area contributed by atoms with E-state index in [1.54, 1.807) is 23.6 Å². The second kappa shape index (κ2) is 11.4. The molecule has 0 atom stereocenters. The van der Waals surface area contributed by atoms with Crippen molar-refractivity contribution in [3.05, 3.63) is 57.6 Å². The van der Waals surface area contributed by atoms with Gasteiger partial charge in [-0.3, -0.25) is 0 Å².